The summed E-state index contributed by atoms with van der Waals surface area (Å²) in [5.74, 6) is -1.39. The molecule has 2 aliphatic rings. The van der Waals surface area contributed by atoms with Crippen LogP contribution in [0, 0.1) is 23.3 Å². The number of hydrogen-bond donors (Lipinski definition) is 1. The topological polar surface area (TPSA) is 71.1 Å². The fraction of sp³-hybridized carbons (Fsp3) is 0.194. The standard InChI is InChI=1S/C77H70F2N2O2.C37H18Br2F2O2.C20H27N/c1-73(2,3)47-25-37-55(38-26-47)80(56-39-27-48(28-40-56)74(4,5)6)63-45-62-70(72-67(63)59-17-13-15-19-65(59)83-72)69-61(77(62,51-21-33-53(78)34-22-51)52-23-35-54(79)36-24-52)46-64(71-68(69)60-18-14-16-20-66(60)82-71)81(57-41-29-49(30-42-57)75(7,8)9)58-43-31-50(32-44-58)76(10,11)12;38-27-17-25-33(35-31(27)23-5-1-3-7-29(23)42-35)34-26(18-28(39)32-24-6-2-4-8-30(24)43-36(32)34)37(25,19-9-13-21(40)14-10-19)20-11-15-22(41)16-12-20;1-19(2,3)15-7-11-17(12-8-15)21-18-13-9-16(10-14-18)20(4,5)6/h13-46H,1-12H3;1-18H;7-14,21H,1-6H3. The second-order valence-corrected chi connectivity index (χ2v) is 47.3. The molecule has 732 valence electrons. The third kappa shape index (κ3) is 16.8. The van der Waals surface area contributed by atoms with Crippen LogP contribution in [-0.2, 0) is 43.3 Å². The summed E-state index contributed by atoms with van der Waals surface area (Å²) in [6.07, 6.45) is 0. The summed E-state index contributed by atoms with van der Waals surface area (Å²) < 4.78 is 90.5. The maximum absolute atomic E-state index is 15.8. The molecule has 147 heavy (non-hydrogen) atoms. The quantitative estimate of drug-likeness (QED) is 0.122. The minimum Gasteiger partial charge on any atom is -0.455 e. The van der Waals surface area contributed by atoms with E-state index < -0.39 is 10.8 Å². The van der Waals surface area contributed by atoms with Crippen LogP contribution in [-0.4, -0.2) is 0 Å². The van der Waals surface area contributed by atoms with Crippen molar-refractivity contribution in [2.24, 2.45) is 0 Å². The van der Waals surface area contributed by atoms with E-state index in [2.05, 4.69) is 384 Å². The molecule has 0 radical (unpaired) electrons. The molecule has 0 atom stereocenters. The molecule has 2 aliphatic carbocycles. The van der Waals surface area contributed by atoms with Crippen LogP contribution in [0.2, 0.25) is 0 Å². The van der Waals surface area contributed by atoms with Gasteiger partial charge in [0.15, 0.2) is 5.58 Å². The minimum atomic E-state index is -1.23. The number of nitrogens with one attached hydrogen (secondary N) is 1. The van der Waals surface area contributed by atoms with E-state index in [1.807, 2.05) is 103 Å². The number of anilines is 8. The SMILES string of the molecule is CC(C)(C)c1ccc(N(c2ccc(C(C)(C)C)cc2)c2cc3c(c4c2oc2ccccc24)-c2c(cc(N(c4ccc(C(C)(C)C)cc4)c4ccc(C(C)(C)C)cc4)c4c2oc2ccccc24)C3(c2ccc(F)cc2)c2ccc(F)cc2)cc1.CC(C)(C)c1ccc(Nc2ccc(C(C)(C)C)cc2)cc1.Fc1ccc(C2(c3ccc(F)cc3)c3cc(Br)c4c(oc5ccccc54)c3-c3c2cc(Br)c2c3oc3ccccc32)cc1. The van der Waals surface area contributed by atoms with Crippen molar-refractivity contribution in [1.29, 1.82) is 0 Å². The molecule has 0 saturated heterocycles. The van der Waals surface area contributed by atoms with Gasteiger partial charge in [-0.05, 0) is 280 Å². The molecule has 24 rings (SSSR count). The van der Waals surface area contributed by atoms with Crippen LogP contribution in [0.5, 0.6) is 0 Å². The number of fused-ring (bicyclic) bond motifs is 22. The Balaban J connectivity index is 0.000000157. The number of para-hydroxylation sites is 4. The van der Waals surface area contributed by atoms with Gasteiger partial charge < -0.3 is 32.8 Å². The molecular weight excluding hydrogens is 1950 g/mol. The number of benzene rings is 18. The van der Waals surface area contributed by atoms with E-state index in [4.69, 9.17) is 17.7 Å². The van der Waals surface area contributed by atoms with Crippen LogP contribution in [0.4, 0.5) is 63.1 Å². The van der Waals surface area contributed by atoms with Gasteiger partial charge in [0.25, 0.3) is 0 Å². The highest BCUT2D eigenvalue weighted by Crippen LogP contribution is 2.67. The smallest absolute Gasteiger partial charge is 0.160 e. The van der Waals surface area contributed by atoms with E-state index in [1.165, 1.54) is 57.6 Å². The van der Waals surface area contributed by atoms with Gasteiger partial charge in [0.05, 0.1) is 27.6 Å². The lowest BCUT2D eigenvalue weighted by molar-refractivity contribution is 0.590. The average molecular weight is 2070 g/mol. The van der Waals surface area contributed by atoms with Crippen molar-refractivity contribution >= 4 is 165 Å². The van der Waals surface area contributed by atoms with Gasteiger partial charge in [-0.25, -0.2) is 17.6 Å². The molecule has 7 nitrogen and oxygen atoms in total. The van der Waals surface area contributed by atoms with Gasteiger partial charge in [0, 0.05) is 103 Å². The zero-order valence-electron chi connectivity index (χ0n) is 85.9. The Labute approximate surface area is 873 Å². The lowest BCUT2D eigenvalue weighted by atomic mass is 9.67. The third-order valence-electron chi connectivity index (χ3n) is 29.9. The van der Waals surface area contributed by atoms with Gasteiger partial charge in [-0.3, -0.25) is 0 Å². The summed E-state index contributed by atoms with van der Waals surface area (Å²) in [6, 6.07) is 121. The van der Waals surface area contributed by atoms with Gasteiger partial charge in [-0.15, -0.1) is 0 Å². The predicted molar refractivity (Wildman–Crippen MR) is 610 cm³/mol. The van der Waals surface area contributed by atoms with Gasteiger partial charge in [0.2, 0.25) is 0 Å². The Kier molecular flexibility index (Phi) is 23.8. The molecular formula is C134H115Br2F4N3O4. The van der Waals surface area contributed by atoms with E-state index >= 15 is 8.78 Å². The monoisotopic (exact) mass is 2060 g/mol. The maximum Gasteiger partial charge on any atom is 0.160 e. The van der Waals surface area contributed by atoms with Crippen LogP contribution in [0.1, 0.15) is 203 Å². The highest BCUT2D eigenvalue weighted by atomic mass is 79.9. The molecule has 0 fully saturated rings. The third-order valence-corrected chi connectivity index (χ3v) is 31.2. The van der Waals surface area contributed by atoms with Gasteiger partial charge in [-0.1, -0.05) is 351 Å². The molecule has 0 aliphatic heterocycles. The Bertz CT molecular complexity index is 8480. The van der Waals surface area contributed by atoms with E-state index in [0.717, 1.165) is 198 Å². The minimum absolute atomic E-state index is 0.0855. The fourth-order valence-electron chi connectivity index (χ4n) is 22.2. The summed E-state index contributed by atoms with van der Waals surface area (Å²) in [4.78, 5) is 4.68. The van der Waals surface area contributed by atoms with Crippen LogP contribution in [0.25, 0.3) is 110 Å². The zero-order chi connectivity index (χ0) is 103. The molecule has 0 unspecified atom stereocenters. The highest BCUT2D eigenvalue weighted by Gasteiger charge is 2.53. The molecule has 1 N–H and O–H groups in total. The normalized spacial score (nSPS) is 13.4. The van der Waals surface area contributed by atoms with Crippen LogP contribution in [0.15, 0.2) is 391 Å². The second kappa shape index (κ2) is 36.1. The van der Waals surface area contributed by atoms with Gasteiger partial charge in [-0.2, -0.15) is 0 Å². The first-order valence-electron chi connectivity index (χ1n) is 50.4. The lowest BCUT2D eigenvalue weighted by Crippen LogP contribution is -2.29. The zero-order valence-corrected chi connectivity index (χ0v) is 89.1. The molecule has 4 aromatic heterocycles. The van der Waals surface area contributed by atoms with Gasteiger partial charge in [0.1, 0.15) is 62.4 Å². The molecule has 18 aromatic carbocycles. The Morgan fingerprint density at radius 3 is 0.748 bits per heavy atom. The van der Waals surface area contributed by atoms with E-state index in [-0.39, 0.29) is 55.8 Å². The number of halogens is 6. The first-order chi connectivity index (χ1) is 70.1. The molecule has 0 saturated carbocycles. The summed E-state index contributed by atoms with van der Waals surface area (Å²) in [5.41, 5.74) is 29.6. The fourth-order valence-corrected chi connectivity index (χ4v) is 23.5. The predicted octanol–water partition coefficient (Wildman–Crippen LogP) is 39.9. The summed E-state index contributed by atoms with van der Waals surface area (Å²) >= 11 is 7.79. The van der Waals surface area contributed by atoms with Crippen LogP contribution < -0.4 is 15.1 Å². The van der Waals surface area contributed by atoms with Crippen molar-refractivity contribution < 1.29 is 35.2 Å². The molecule has 0 amide bonds. The first kappa shape index (κ1) is 97.0. The number of hydrogen-bond acceptors (Lipinski definition) is 7. The summed E-state index contributed by atoms with van der Waals surface area (Å²) in [7, 11) is 0. The van der Waals surface area contributed by atoms with E-state index in [1.54, 1.807) is 24.3 Å². The van der Waals surface area contributed by atoms with Crippen molar-refractivity contribution in [2.75, 3.05) is 15.1 Å². The van der Waals surface area contributed by atoms with Crippen molar-refractivity contribution in [1.82, 2.24) is 0 Å². The van der Waals surface area contributed by atoms with Crippen LogP contribution in [0.3, 0.4) is 0 Å². The summed E-state index contributed by atoms with van der Waals surface area (Å²) in [6.45, 7) is 40.3. The molecule has 4 heterocycles. The number of rotatable bonds is 12. The van der Waals surface area contributed by atoms with Crippen molar-refractivity contribution in [3.8, 4) is 22.3 Å². The van der Waals surface area contributed by atoms with Gasteiger partial charge >= 0.3 is 0 Å². The van der Waals surface area contributed by atoms with E-state index in [0.29, 0.717) is 11.2 Å². The number of furan rings is 4. The van der Waals surface area contributed by atoms with Crippen molar-refractivity contribution in [3.05, 3.63) is 474 Å². The molecule has 0 bridgehead atoms. The summed E-state index contributed by atoms with van der Waals surface area (Å²) in [5, 5.41) is 11.1. The first-order valence-corrected chi connectivity index (χ1v) is 52.0. The Morgan fingerprint density at radius 2 is 0.456 bits per heavy atom. The maximum atomic E-state index is 15.8. The Hall–Kier alpha value is -14.8. The van der Waals surface area contributed by atoms with Crippen LogP contribution >= 0.6 is 31.9 Å². The Morgan fingerprint density at radius 1 is 0.231 bits per heavy atom. The molecule has 0 spiro atoms. The van der Waals surface area contributed by atoms with Crippen molar-refractivity contribution in [3.63, 3.8) is 0 Å². The van der Waals surface area contributed by atoms with Crippen molar-refractivity contribution in [2.45, 2.75) is 168 Å². The largest absolute Gasteiger partial charge is 0.455 e. The molecule has 22 aromatic rings. The average Bonchev–Trinajstić information content (AvgIpc) is 1.50. The number of nitrogens with zero attached hydrogens (tertiary/aromatic N) is 2. The lowest BCUT2D eigenvalue weighted by Gasteiger charge is -2.36. The highest BCUT2D eigenvalue weighted by molar-refractivity contribution is 9.11. The second-order valence-electron chi connectivity index (χ2n) is 45.6. The van der Waals surface area contributed by atoms with E-state index in [9.17, 15) is 8.78 Å². The molecule has 13 heteroatoms.